The Balaban J connectivity index is 0.000000176. The van der Waals surface area contributed by atoms with Crippen molar-refractivity contribution in [1.29, 1.82) is 0 Å². The van der Waals surface area contributed by atoms with Gasteiger partial charge in [0.25, 0.3) is 6.43 Å². The highest BCUT2D eigenvalue weighted by molar-refractivity contribution is 5.58. The molecule has 0 radical (unpaired) electrons. The van der Waals surface area contributed by atoms with Crippen molar-refractivity contribution < 1.29 is 23.0 Å². The standard InChI is InChI=1S/C12H15F2NO.C12H15NO2/c13-12(14)11-9-16-7-6-15(11)8-10-4-2-1-3-5-10;14-9-12-10-15-7-6-13(12)8-11-4-2-1-3-5-11/h1-5,11-12H,6-9H2;1-5,9,12H,6-8,10H2/t11-;12-/m01/s1. The van der Waals surface area contributed by atoms with Crippen molar-refractivity contribution in [3.8, 4) is 0 Å². The number of alkyl halides is 2. The number of ether oxygens (including phenoxy) is 2. The molecular weight excluding hydrogens is 402 g/mol. The van der Waals surface area contributed by atoms with E-state index in [1.165, 1.54) is 5.56 Å². The number of rotatable bonds is 6. The van der Waals surface area contributed by atoms with Gasteiger partial charge >= 0.3 is 0 Å². The second kappa shape index (κ2) is 12.6. The van der Waals surface area contributed by atoms with E-state index < -0.39 is 12.5 Å². The molecule has 0 N–H and O–H groups in total. The predicted molar refractivity (Wildman–Crippen MR) is 115 cm³/mol. The summed E-state index contributed by atoms with van der Waals surface area (Å²) in [6.45, 7) is 4.71. The number of hydrogen-bond donors (Lipinski definition) is 0. The van der Waals surface area contributed by atoms with Crippen LogP contribution in [0.25, 0.3) is 0 Å². The van der Waals surface area contributed by atoms with Crippen LogP contribution in [0.5, 0.6) is 0 Å². The lowest BCUT2D eigenvalue weighted by Gasteiger charge is -2.34. The van der Waals surface area contributed by atoms with E-state index in [9.17, 15) is 13.6 Å². The molecule has 7 heteroatoms. The fourth-order valence-electron chi connectivity index (χ4n) is 3.70. The molecule has 0 bridgehead atoms. The molecule has 5 nitrogen and oxygen atoms in total. The zero-order valence-corrected chi connectivity index (χ0v) is 17.6. The van der Waals surface area contributed by atoms with Crippen LogP contribution in [0.1, 0.15) is 11.1 Å². The molecular formula is C24H30F2N2O3. The molecule has 2 atom stereocenters. The van der Waals surface area contributed by atoms with Crippen LogP contribution in [0.4, 0.5) is 8.78 Å². The van der Waals surface area contributed by atoms with Crippen LogP contribution in [0.15, 0.2) is 60.7 Å². The largest absolute Gasteiger partial charge is 0.378 e. The number of carbonyl (C=O) groups excluding carboxylic acids is 1. The van der Waals surface area contributed by atoms with Crippen LogP contribution in [-0.4, -0.2) is 74.1 Å². The van der Waals surface area contributed by atoms with Crippen molar-refractivity contribution in [2.24, 2.45) is 0 Å². The highest BCUT2D eigenvalue weighted by atomic mass is 19.3. The topological polar surface area (TPSA) is 42.0 Å². The van der Waals surface area contributed by atoms with E-state index in [-0.39, 0.29) is 12.6 Å². The summed E-state index contributed by atoms with van der Waals surface area (Å²) < 4.78 is 35.9. The lowest BCUT2D eigenvalue weighted by atomic mass is 10.1. The molecule has 4 rings (SSSR count). The average Bonchev–Trinajstić information content (AvgIpc) is 2.81. The minimum Gasteiger partial charge on any atom is -0.378 e. The van der Waals surface area contributed by atoms with Crippen molar-refractivity contribution in [3.05, 3.63) is 71.8 Å². The first-order valence-corrected chi connectivity index (χ1v) is 10.6. The zero-order valence-electron chi connectivity index (χ0n) is 17.6. The van der Waals surface area contributed by atoms with Crippen LogP contribution in [0, 0.1) is 0 Å². The summed E-state index contributed by atoms with van der Waals surface area (Å²) in [5, 5.41) is 0. The summed E-state index contributed by atoms with van der Waals surface area (Å²) in [7, 11) is 0. The predicted octanol–water partition coefficient (Wildman–Crippen LogP) is 3.24. The normalized spacial score (nSPS) is 22.5. The van der Waals surface area contributed by atoms with E-state index in [0.29, 0.717) is 26.3 Å². The number of aldehydes is 1. The molecule has 2 saturated heterocycles. The van der Waals surface area contributed by atoms with Gasteiger partial charge in [0.15, 0.2) is 0 Å². The summed E-state index contributed by atoms with van der Waals surface area (Å²) in [5.74, 6) is 0. The highest BCUT2D eigenvalue weighted by Gasteiger charge is 2.30. The third-order valence-corrected chi connectivity index (χ3v) is 5.47. The molecule has 2 aromatic carbocycles. The Bertz CT molecular complexity index is 764. The van der Waals surface area contributed by atoms with Gasteiger partial charge in [0.1, 0.15) is 6.29 Å². The van der Waals surface area contributed by atoms with E-state index in [1.807, 2.05) is 48.5 Å². The Hall–Kier alpha value is -2.19. The number of benzene rings is 2. The van der Waals surface area contributed by atoms with E-state index in [0.717, 1.165) is 31.5 Å². The number of morpholine rings is 2. The van der Waals surface area contributed by atoms with Gasteiger partial charge in [-0.25, -0.2) is 8.78 Å². The molecule has 0 aromatic heterocycles. The van der Waals surface area contributed by atoms with Gasteiger partial charge in [-0.05, 0) is 11.1 Å². The molecule has 2 aromatic rings. The Morgan fingerprint density at radius 2 is 1.35 bits per heavy atom. The Labute approximate surface area is 182 Å². The van der Waals surface area contributed by atoms with Crippen LogP contribution in [0.3, 0.4) is 0 Å². The molecule has 2 aliphatic rings. The summed E-state index contributed by atoms with van der Waals surface area (Å²) in [6, 6.07) is 19.0. The maximum Gasteiger partial charge on any atom is 0.256 e. The quantitative estimate of drug-likeness (QED) is 0.656. The van der Waals surface area contributed by atoms with Crippen LogP contribution < -0.4 is 0 Å². The third kappa shape index (κ3) is 7.47. The van der Waals surface area contributed by atoms with Gasteiger partial charge in [-0.15, -0.1) is 0 Å². The molecule has 0 unspecified atom stereocenters. The van der Waals surface area contributed by atoms with Gasteiger partial charge < -0.3 is 14.3 Å². The highest BCUT2D eigenvalue weighted by Crippen LogP contribution is 2.17. The number of halogens is 2. The van der Waals surface area contributed by atoms with E-state index in [2.05, 4.69) is 17.0 Å². The van der Waals surface area contributed by atoms with Crippen molar-refractivity contribution in [2.75, 3.05) is 39.5 Å². The van der Waals surface area contributed by atoms with Gasteiger partial charge in [-0.3, -0.25) is 9.80 Å². The minimum atomic E-state index is -2.34. The van der Waals surface area contributed by atoms with Crippen LogP contribution in [-0.2, 0) is 27.4 Å². The maximum absolute atomic E-state index is 12.8. The molecule has 0 amide bonds. The van der Waals surface area contributed by atoms with Gasteiger partial charge in [0, 0.05) is 26.2 Å². The molecule has 0 saturated carbocycles. The maximum atomic E-state index is 12.8. The fourth-order valence-corrected chi connectivity index (χ4v) is 3.70. The van der Waals surface area contributed by atoms with Crippen molar-refractivity contribution in [3.63, 3.8) is 0 Å². The van der Waals surface area contributed by atoms with Gasteiger partial charge in [-0.1, -0.05) is 60.7 Å². The second-order valence-electron chi connectivity index (χ2n) is 7.67. The molecule has 2 fully saturated rings. The SMILES string of the molecule is FC(F)[C@@H]1COCCN1Cc1ccccc1.O=C[C@@H]1COCCN1Cc1ccccc1. The Morgan fingerprint density at radius 1 is 0.839 bits per heavy atom. The molecule has 2 heterocycles. The molecule has 0 aliphatic carbocycles. The zero-order chi connectivity index (χ0) is 21.9. The first kappa shape index (κ1) is 23.5. The second-order valence-corrected chi connectivity index (χ2v) is 7.67. The molecule has 31 heavy (non-hydrogen) atoms. The van der Waals surface area contributed by atoms with Gasteiger partial charge in [0.2, 0.25) is 0 Å². The van der Waals surface area contributed by atoms with E-state index >= 15 is 0 Å². The van der Waals surface area contributed by atoms with Crippen molar-refractivity contribution in [2.45, 2.75) is 31.6 Å². The van der Waals surface area contributed by atoms with Gasteiger partial charge in [0.05, 0.1) is 38.5 Å². The lowest BCUT2D eigenvalue weighted by Crippen LogP contribution is -2.48. The summed E-state index contributed by atoms with van der Waals surface area (Å²) in [4.78, 5) is 14.8. The van der Waals surface area contributed by atoms with Gasteiger partial charge in [-0.2, -0.15) is 0 Å². The molecule has 2 aliphatic heterocycles. The van der Waals surface area contributed by atoms with E-state index in [4.69, 9.17) is 9.47 Å². The molecule has 168 valence electrons. The first-order valence-electron chi connectivity index (χ1n) is 10.6. The van der Waals surface area contributed by atoms with Crippen LogP contribution in [0.2, 0.25) is 0 Å². The van der Waals surface area contributed by atoms with Crippen molar-refractivity contribution in [1.82, 2.24) is 9.80 Å². The first-order chi connectivity index (χ1) is 15.2. The smallest absolute Gasteiger partial charge is 0.256 e. The lowest BCUT2D eigenvalue weighted by molar-refractivity contribution is -0.118. The minimum absolute atomic E-state index is 0.0843. The summed E-state index contributed by atoms with van der Waals surface area (Å²) >= 11 is 0. The number of nitrogens with zero attached hydrogens (tertiary/aromatic N) is 2. The number of carbonyl (C=O) groups is 1. The fraction of sp³-hybridized carbons (Fsp3) is 0.458. The monoisotopic (exact) mass is 432 g/mol. The van der Waals surface area contributed by atoms with Crippen molar-refractivity contribution >= 4 is 6.29 Å². The summed E-state index contributed by atoms with van der Waals surface area (Å²) in [6.07, 6.45) is -1.37. The number of hydrogen-bond acceptors (Lipinski definition) is 5. The Kier molecular flexibility index (Phi) is 9.55. The van der Waals surface area contributed by atoms with Crippen LogP contribution >= 0.6 is 0 Å². The van der Waals surface area contributed by atoms with E-state index in [1.54, 1.807) is 4.90 Å². The molecule has 0 spiro atoms. The summed E-state index contributed by atoms with van der Waals surface area (Å²) in [5.41, 5.74) is 2.31. The Morgan fingerprint density at radius 3 is 1.90 bits per heavy atom. The average molecular weight is 433 g/mol. The third-order valence-electron chi connectivity index (χ3n) is 5.47.